The second-order valence-corrected chi connectivity index (χ2v) is 6.93. The summed E-state index contributed by atoms with van der Waals surface area (Å²) in [5, 5.41) is 0.943. The molecule has 0 saturated carbocycles. The van der Waals surface area contributed by atoms with Crippen molar-refractivity contribution in [3.63, 3.8) is 0 Å². The Balaban J connectivity index is 1.64. The number of hydrogen-bond donors (Lipinski definition) is 0. The molecule has 4 rings (SSSR count). The first kappa shape index (κ1) is 16.5. The van der Waals surface area contributed by atoms with Crippen molar-refractivity contribution in [3.05, 3.63) is 83.1 Å². The number of pyridine rings is 1. The van der Waals surface area contributed by atoms with E-state index in [1.165, 1.54) is 11.1 Å². The zero-order valence-corrected chi connectivity index (χ0v) is 15.2. The Morgan fingerprint density at radius 2 is 1.85 bits per heavy atom. The molecule has 0 N–H and O–H groups in total. The molecular formula is C23H22N2O. The smallest absolute Gasteiger partial charge is 0.254 e. The molecule has 2 aromatic carbocycles. The van der Waals surface area contributed by atoms with Gasteiger partial charge in [-0.25, -0.2) is 0 Å². The molecule has 1 amide bonds. The van der Waals surface area contributed by atoms with Crippen LogP contribution in [0.25, 0.3) is 16.5 Å². The fraction of sp³-hybridized carbons (Fsp3) is 0.217. The largest absolute Gasteiger partial charge is 0.335 e. The van der Waals surface area contributed by atoms with Crippen LogP contribution in [0.1, 0.15) is 33.6 Å². The summed E-state index contributed by atoms with van der Waals surface area (Å²) in [6, 6.07) is 18.4. The predicted octanol–water partition coefficient (Wildman–Crippen LogP) is 4.78. The Morgan fingerprint density at radius 3 is 2.58 bits per heavy atom. The van der Waals surface area contributed by atoms with Crippen molar-refractivity contribution in [2.24, 2.45) is 0 Å². The molecule has 2 heterocycles. The minimum absolute atomic E-state index is 0.0921. The fourth-order valence-corrected chi connectivity index (χ4v) is 3.59. The number of aromatic nitrogens is 1. The van der Waals surface area contributed by atoms with Crippen molar-refractivity contribution >= 4 is 22.4 Å². The Bertz CT molecular complexity index is 1010. The highest BCUT2D eigenvalue weighted by atomic mass is 16.2. The Labute approximate surface area is 154 Å². The van der Waals surface area contributed by atoms with Crippen LogP contribution in [-0.2, 0) is 0 Å². The van der Waals surface area contributed by atoms with E-state index in [0.717, 1.165) is 40.7 Å². The van der Waals surface area contributed by atoms with Gasteiger partial charge in [0.2, 0.25) is 0 Å². The second kappa shape index (κ2) is 6.75. The van der Waals surface area contributed by atoms with E-state index in [-0.39, 0.29) is 5.91 Å². The van der Waals surface area contributed by atoms with Gasteiger partial charge in [-0.3, -0.25) is 9.78 Å². The molecule has 1 aliphatic heterocycles. The molecule has 1 aliphatic rings. The topological polar surface area (TPSA) is 33.2 Å². The molecule has 3 heteroatoms. The van der Waals surface area contributed by atoms with Crippen molar-refractivity contribution in [1.82, 2.24) is 9.88 Å². The molecule has 0 fully saturated rings. The van der Waals surface area contributed by atoms with Crippen LogP contribution in [0, 0.1) is 13.8 Å². The van der Waals surface area contributed by atoms with Gasteiger partial charge in [0.25, 0.3) is 5.91 Å². The van der Waals surface area contributed by atoms with Crippen molar-refractivity contribution < 1.29 is 4.79 Å². The molecule has 0 unspecified atom stereocenters. The summed E-state index contributed by atoms with van der Waals surface area (Å²) in [5.74, 6) is 0.0921. The number of fused-ring (bicyclic) bond motifs is 1. The number of rotatable bonds is 2. The molecule has 0 atom stereocenters. The third kappa shape index (κ3) is 3.13. The van der Waals surface area contributed by atoms with Gasteiger partial charge < -0.3 is 4.90 Å². The molecule has 26 heavy (non-hydrogen) atoms. The second-order valence-electron chi connectivity index (χ2n) is 6.93. The quantitative estimate of drug-likeness (QED) is 0.671. The number of nitrogens with zero attached hydrogens (tertiary/aromatic N) is 2. The molecule has 0 bridgehead atoms. The van der Waals surface area contributed by atoms with Gasteiger partial charge in [-0.1, -0.05) is 48.0 Å². The van der Waals surface area contributed by atoms with Gasteiger partial charge in [-0.2, -0.15) is 0 Å². The highest BCUT2D eigenvalue weighted by Crippen LogP contribution is 2.25. The molecule has 1 aromatic heterocycles. The summed E-state index contributed by atoms with van der Waals surface area (Å²) in [4.78, 5) is 19.7. The van der Waals surface area contributed by atoms with Gasteiger partial charge in [-0.15, -0.1) is 0 Å². The Kier molecular flexibility index (Phi) is 4.29. The van der Waals surface area contributed by atoms with E-state index in [9.17, 15) is 4.79 Å². The maximum atomic E-state index is 13.2. The van der Waals surface area contributed by atoms with Gasteiger partial charge in [0.1, 0.15) is 0 Å². The SMILES string of the molecule is Cc1ccc2nc(C)cc(C(=O)N3CC=C(c4ccccc4)CC3)c2c1. The normalized spacial score (nSPS) is 14.4. The lowest BCUT2D eigenvalue weighted by Gasteiger charge is -2.27. The average molecular weight is 342 g/mol. The highest BCUT2D eigenvalue weighted by molar-refractivity contribution is 6.06. The first-order valence-corrected chi connectivity index (χ1v) is 9.03. The number of hydrogen-bond acceptors (Lipinski definition) is 2. The standard InChI is InChI=1S/C23H22N2O/c1-16-8-9-22-20(14-16)21(15-17(2)24-22)23(26)25-12-10-19(11-13-25)18-6-4-3-5-7-18/h3-10,14-15H,11-13H2,1-2H3. The van der Waals surface area contributed by atoms with Crippen molar-refractivity contribution in [2.75, 3.05) is 13.1 Å². The van der Waals surface area contributed by atoms with Gasteiger partial charge in [0.15, 0.2) is 0 Å². The lowest BCUT2D eigenvalue weighted by Crippen LogP contribution is -2.34. The molecule has 0 aliphatic carbocycles. The summed E-state index contributed by atoms with van der Waals surface area (Å²) in [5.41, 5.74) is 6.23. The van der Waals surface area contributed by atoms with Crippen molar-refractivity contribution in [2.45, 2.75) is 20.3 Å². The lowest BCUT2D eigenvalue weighted by atomic mass is 9.98. The van der Waals surface area contributed by atoms with E-state index in [1.54, 1.807) is 0 Å². The first-order valence-electron chi connectivity index (χ1n) is 9.03. The van der Waals surface area contributed by atoms with E-state index < -0.39 is 0 Å². The monoisotopic (exact) mass is 342 g/mol. The summed E-state index contributed by atoms with van der Waals surface area (Å²) in [7, 11) is 0. The molecule has 130 valence electrons. The summed E-state index contributed by atoms with van der Waals surface area (Å²) in [6.45, 7) is 5.38. The molecule has 0 radical (unpaired) electrons. The number of aryl methyl sites for hydroxylation is 2. The van der Waals surface area contributed by atoms with Crippen LogP contribution in [-0.4, -0.2) is 28.9 Å². The zero-order valence-electron chi connectivity index (χ0n) is 15.2. The van der Waals surface area contributed by atoms with Crippen LogP contribution in [0.5, 0.6) is 0 Å². The molecule has 0 spiro atoms. The van der Waals surface area contributed by atoms with Crippen LogP contribution in [0.3, 0.4) is 0 Å². The molecule has 3 aromatic rings. The minimum Gasteiger partial charge on any atom is -0.335 e. The van der Waals surface area contributed by atoms with Gasteiger partial charge in [-0.05, 0) is 49.6 Å². The summed E-state index contributed by atoms with van der Waals surface area (Å²) in [6.07, 6.45) is 3.06. The average Bonchev–Trinajstić information content (AvgIpc) is 2.68. The highest BCUT2D eigenvalue weighted by Gasteiger charge is 2.21. The number of amides is 1. The maximum absolute atomic E-state index is 13.2. The van der Waals surface area contributed by atoms with E-state index >= 15 is 0 Å². The summed E-state index contributed by atoms with van der Waals surface area (Å²) >= 11 is 0. The van der Waals surface area contributed by atoms with Gasteiger partial charge in [0.05, 0.1) is 11.1 Å². The Hall–Kier alpha value is -2.94. The summed E-state index contributed by atoms with van der Waals surface area (Å²) < 4.78 is 0. The van der Waals surface area contributed by atoms with Crippen LogP contribution in [0.4, 0.5) is 0 Å². The van der Waals surface area contributed by atoms with E-state index in [4.69, 9.17) is 0 Å². The molecule has 3 nitrogen and oxygen atoms in total. The van der Waals surface area contributed by atoms with E-state index in [2.05, 4.69) is 41.4 Å². The van der Waals surface area contributed by atoms with Gasteiger partial charge >= 0.3 is 0 Å². The third-order valence-electron chi connectivity index (χ3n) is 4.96. The first-order chi connectivity index (χ1) is 12.6. The number of carbonyl (C=O) groups is 1. The van der Waals surface area contributed by atoms with Crippen molar-refractivity contribution in [1.29, 1.82) is 0 Å². The predicted molar refractivity (Wildman–Crippen MR) is 106 cm³/mol. The number of carbonyl (C=O) groups excluding carboxylic acids is 1. The van der Waals surface area contributed by atoms with Crippen LogP contribution in [0.2, 0.25) is 0 Å². The fourth-order valence-electron chi connectivity index (χ4n) is 3.59. The number of benzene rings is 2. The lowest BCUT2D eigenvalue weighted by molar-refractivity contribution is 0.0774. The third-order valence-corrected chi connectivity index (χ3v) is 4.96. The zero-order chi connectivity index (χ0) is 18.1. The maximum Gasteiger partial charge on any atom is 0.254 e. The van der Waals surface area contributed by atoms with Crippen LogP contribution >= 0.6 is 0 Å². The van der Waals surface area contributed by atoms with Crippen molar-refractivity contribution in [3.8, 4) is 0 Å². The van der Waals surface area contributed by atoms with Gasteiger partial charge in [0, 0.05) is 24.2 Å². The molecular weight excluding hydrogens is 320 g/mol. The van der Waals surface area contributed by atoms with Crippen LogP contribution in [0.15, 0.2) is 60.7 Å². The van der Waals surface area contributed by atoms with E-state index in [0.29, 0.717) is 6.54 Å². The Morgan fingerprint density at radius 1 is 1.04 bits per heavy atom. The van der Waals surface area contributed by atoms with Crippen LogP contribution < -0.4 is 0 Å². The van der Waals surface area contributed by atoms with E-state index in [1.807, 2.05) is 43.0 Å². The molecule has 0 saturated heterocycles. The minimum atomic E-state index is 0.0921.